The van der Waals surface area contributed by atoms with Crippen LogP contribution in [0.15, 0.2) is 38.8 Å². The zero-order valence-corrected chi connectivity index (χ0v) is 18.0. The van der Waals surface area contributed by atoms with E-state index >= 15 is 0 Å². The number of hydrogen-bond donors (Lipinski definition) is 3. The van der Waals surface area contributed by atoms with Crippen LogP contribution in [0, 0.1) is 5.92 Å². The van der Waals surface area contributed by atoms with Crippen LogP contribution >= 0.6 is 0 Å². The van der Waals surface area contributed by atoms with Gasteiger partial charge in [0.25, 0.3) is 15.9 Å². The minimum atomic E-state index is -4.24. The Morgan fingerprint density at radius 3 is 2.73 bits per heavy atom. The maximum Gasteiger partial charge on any atom is 0.286 e. The van der Waals surface area contributed by atoms with Crippen LogP contribution in [-0.4, -0.2) is 57.4 Å². The van der Waals surface area contributed by atoms with E-state index in [0.717, 1.165) is 25.2 Å². The van der Waals surface area contributed by atoms with Crippen molar-refractivity contribution in [3.05, 3.63) is 29.5 Å². The van der Waals surface area contributed by atoms with Crippen molar-refractivity contribution in [3.8, 4) is 0 Å². The van der Waals surface area contributed by atoms with Gasteiger partial charge in [-0.15, -0.1) is 4.40 Å². The summed E-state index contributed by atoms with van der Waals surface area (Å²) in [6.07, 6.45) is 3.32. The summed E-state index contributed by atoms with van der Waals surface area (Å²) in [7, 11) is -7.83. The highest BCUT2D eigenvalue weighted by Gasteiger charge is 2.46. The molecular formula is C18H22N4O6S2. The zero-order chi connectivity index (χ0) is 21.8. The summed E-state index contributed by atoms with van der Waals surface area (Å²) in [5.74, 6) is -1.06. The Labute approximate surface area is 174 Å². The fraction of sp³-hybridized carbons (Fsp3) is 0.444. The Morgan fingerprint density at radius 2 is 2.07 bits per heavy atom. The molecule has 4 rings (SSSR count). The molecule has 0 aromatic heterocycles. The van der Waals surface area contributed by atoms with Crippen LogP contribution in [0.1, 0.15) is 26.2 Å². The average molecular weight is 455 g/mol. The highest BCUT2D eigenvalue weighted by atomic mass is 32.2. The van der Waals surface area contributed by atoms with Crippen LogP contribution < -0.4 is 10.0 Å². The van der Waals surface area contributed by atoms with Gasteiger partial charge in [-0.25, -0.2) is 8.42 Å². The Kier molecular flexibility index (Phi) is 4.81. The maximum absolute atomic E-state index is 13.1. The summed E-state index contributed by atoms with van der Waals surface area (Å²) >= 11 is 0. The number of amidine groups is 1. The number of nitrogens with one attached hydrogen (secondary N) is 2. The molecule has 1 aromatic rings. The lowest BCUT2D eigenvalue weighted by molar-refractivity contribution is -0.130. The first-order valence-corrected chi connectivity index (χ1v) is 12.8. The van der Waals surface area contributed by atoms with Crippen molar-refractivity contribution in [2.45, 2.75) is 37.1 Å². The fourth-order valence-electron chi connectivity index (χ4n) is 4.37. The molecule has 2 heterocycles. The van der Waals surface area contributed by atoms with Crippen LogP contribution in [0.25, 0.3) is 0 Å². The average Bonchev–Trinajstić information content (AvgIpc) is 3.11. The maximum atomic E-state index is 13.1. The van der Waals surface area contributed by atoms with Crippen LogP contribution in [-0.2, 0) is 24.8 Å². The molecule has 0 spiro atoms. The first-order valence-electron chi connectivity index (χ1n) is 9.50. The molecule has 30 heavy (non-hydrogen) atoms. The van der Waals surface area contributed by atoms with Gasteiger partial charge < -0.3 is 15.3 Å². The number of sulfonamides is 2. The Morgan fingerprint density at radius 1 is 1.33 bits per heavy atom. The predicted molar refractivity (Wildman–Crippen MR) is 111 cm³/mol. The molecule has 0 bridgehead atoms. The summed E-state index contributed by atoms with van der Waals surface area (Å²) in [4.78, 5) is 14.5. The van der Waals surface area contributed by atoms with Gasteiger partial charge in [-0.2, -0.15) is 8.42 Å². The monoisotopic (exact) mass is 454 g/mol. The molecular weight excluding hydrogens is 432 g/mol. The van der Waals surface area contributed by atoms with E-state index in [1.165, 1.54) is 12.1 Å². The Bertz CT molecular complexity index is 1200. The molecule has 12 heteroatoms. The first-order chi connectivity index (χ1) is 14.0. The van der Waals surface area contributed by atoms with Crippen molar-refractivity contribution in [2.75, 3.05) is 22.8 Å². The van der Waals surface area contributed by atoms with E-state index in [1.807, 2.05) is 6.92 Å². The summed E-state index contributed by atoms with van der Waals surface area (Å²) in [6, 6.07) is 3.84. The molecule has 10 nitrogen and oxygen atoms in total. The number of aliphatic hydroxyl groups excluding tert-OH is 1. The Balaban J connectivity index is 1.78. The third-order valence-corrected chi connectivity index (χ3v) is 7.49. The van der Waals surface area contributed by atoms with Gasteiger partial charge in [0.15, 0.2) is 5.84 Å². The number of carbonyl (C=O) groups is 1. The highest BCUT2D eigenvalue weighted by molar-refractivity contribution is 7.92. The van der Waals surface area contributed by atoms with E-state index in [2.05, 4.69) is 14.4 Å². The van der Waals surface area contributed by atoms with Crippen LogP contribution in [0.3, 0.4) is 0 Å². The molecule has 162 valence electrons. The van der Waals surface area contributed by atoms with Crippen molar-refractivity contribution in [1.82, 2.24) is 4.90 Å². The summed E-state index contributed by atoms with van der Waals surface area (Å²) in [5, 5.41) is 13.6. The van der Waals surface area contributed by atoms with Crippen molar-refractivity contribution < 1.29 is 26.7 Å². The van der Waals surface area contributed by atoms with Gasteiger partial charge in [0, 0.05) is 24.2 Å². The molecule has 1 fully saturated rings. The van der Waals surface area contributed by atoms with Crippen LogP contribution in [0.2, 0.25) is 0 Å². The molecule has 0 saturated heterocycles. The number of fused-ring (bicyclic) bond motifs is 2. The summed E-state index contributed by atoms with van der Waals surface area (Å²) < 4.78 is 54.4. The number of aliphatic hydroxyl groups is 1. The highest BCUT2D eigenvalue weighted by Crippen LogP contribution is 2.41. The second-order valence-corrected chi connectivity index (χ2v) is 10.9. The van der Waals surface area contributed by atoms with Gasteiger partial charge in [-0.1, -0.05) is 6.42 Å². The number of likely N-dealkylation sites (N-methyl/N-ethyl adjacent to an activating group) is 1. The molecule has 2 atom stereocenters. The smallest absolute Gasteiger partial charge is 0.286 e. The molecule has 0 radical (unpaired) electrons. The number of amides is 1. The van der Waals surface area contributed by atoms with Gasteiger partial charge >= 0.3 is 0 Å². The van der Waals surface area contributed by atoms with Crippen LogP contribution in [0.5, 0.6) is 0 Å². The van der Waals surface area contributed by atoms with E-state index in [1.54, 1.807) is 4.90 Å². The molecule has 1 aromatic carbocycles. The van der Waals surface area contributed by atoms with Gasteiger partial charge in [0.05, 0.1) is 11.9 Å². The van der Waals surface area contributed by atoms with E-state index in [9.17, 15) is 26.7 Å². The molecule has 2 unspecified atom stereocenters. The van der Waals surface area contributed by atoms with Gasteiger partial charge in [-0.05, 0) is 38.0 Å². The normalized spacial score (nSPS) is 25.3. The number of hydrogen-bond acceptors (Lipinski definition) is 7. The van der Waals surface area contributed by atoms with Crippen molar-refractivity contribution in [2.24, 2.45) is 10.3 Å². The summed E-state index contributed by atoms with van der Waals surface area (Å²) in [5.41, 5.74) is 0.0818. The summed E-state index contributed by atoms with van der Waals surface area (Å²) in [6.45, 7) is 2.28. The third-order valence-electron chi connectivity index (χ3n) is 5.57. The largest absolute Gasteiger partial charge is 0.511 e. The van der Waals surface area contributed by atoms with E-state index in [0.29, 0.717) is 13.0 Å². The first kappa shape index (κ1) is 20.7. The second-order valence-electron chi connectivity index (χ2n) is 7.58. The molecule has 3 aliphatic rings. The minimum Gasteiger partial charge on any atom is -0.511 e. The van der Waals surface area contributed by atoms with Crippen molar-refractivity contribution in [3.63, 3.8) is 0 Å². The van der Waals surface area contributed by atoms with E-state index in [-0.39, 0.29) is 45.4 Å². The Hall–Kier alpha value is -2.60. The molecule has 1 aliphatic carbocycles. The van der Waals surface area contributed by atoms with E-state index < -0.39 is 26.0 Å². The lowest BCUT2D eigenvalue weighted by Crippen LogP contribution is -2.50. The predicted octanol–water partition coefficient (Wildman–Crippen LogP) is 1.41. The zero-order valence-electron chi connectivity index (χ0n) is 16.4. The number of nitrogens with zero attached hydrogens (tertiary/aromatic N) is 2. The SMILES string of the molecule is CCN1C(=O)C(C2=NS(=O)(=O)c3cc(NS(C)(=O)=O)ccc3N2)=C(O)C2CCCC21. The number of carbonyl (C=O) groups excluding carboxylic acids is 1. The van der Waals surface area contributed by atoms with Crippen molar-refractivity contribution >= 4 is 43.2 Å². The molecule has 1 amide bonds. The molecule has 1 saturated carbocycles. The molecule has 3 N–H and O–H groups in total. The standard InChI is InChI=1S/C18H22N4O6S2/c1-3-22-13-6-4-5-11(13)16(23)15(18(22)24)17-19-12-8-7-10(20-29(2,25)26)9-14(12)30(27,28)21-17/h7-9,11,13,20,23H,3-6H2,1-2H3,(H,19,21). The number of anilines is 2. The van der Waals surface area contributed by atoms with Gasteiger partial charge in [-0.3, -0.25) is 9.52 Å². The van der Waals surface area contributed by atoms with Crippen LogP contribution in [0.4, 0.5) is 11.4 Å². The van der Waals surface area contributed by atoms with Gasteiger partial charge in [0.1, 0.15) is 16.2 Å². The quantitative estimate of drug-likeness (QED) is 0.624. The number of benzene rings is 1. The minimum absolute atomic E-state index is 0.0713. The topological polar surface area (TPSA) is 145 Å². The number of rotatable bonds is 4. The second kappa shape index (κ2) is 6.98. The third kappa shape index (κ3) is 3.43. The molecule has 2 aliphatic heterocycles. The van der Waals surface area contributed by atoms with E-state index in [4.69, 9.17) is 0 Å². The van der Waals surface area contributed by atoms with Gasteiger partial charge in [0.2, 0.25) is 10.0 Å². The fourth-order valence-corrected chi connectivity index (χ4v) is 6.07. The van der Waals surface area contributed by atoms with Crippen molar-refractivity contribution in [1.29, 1.82) is 0 Å². The lowest BCUT2D eigenvalue weighted by Gasteiger charge is -2.38. The lowest BCUT2D eigenvalue weighted by atomic mass is 9.90.